The lowest BCUT2D eigenvalue weighted by molar-refractivity contribution is -0.160. The molecule has 11 heteroatoms. The highest BCUT2D eigenvalue weighted by molar-refractivity contribution is 6.24. The number of hydrogen-bond acceptors (Lipinski definition) is 8. The van der Waals surface area contributed by atoms with Gasteiger partial charge in [-0.05, 0) is 37.9 Å². The number of rotatable bonds is 8. The fraction of sp³-hybridized carbons (Fsp3) is 0.400. The van der Waals surface area contributed by atoms with Crippen molar-refractivity contribution in [2.24, 2.45) is 5.73 Å². The normalized spacial score (nSPS) is 16.3. The molecule has 11 nitrogen and oxygen atoms in total. The molecule has 2 aliphatic heterocycles. The van der Waals surface area contributed by atoms with Gasteiger partial charge in [0.25, 0.3) is 11.8 Å². The number of hydrogen-bond donors (Lipinski definition) is 1. The number of fused-ring (bicyclic) bond motifs is 1. The molecule has 0 radical (unpaired) electrons. The number of unbranched alkanes of at least 4 members (excludes halogenated alkanes) is 1. The SMILES string of the molecule is NCCCCn1cc(COc2cccc3c2C(=O)N(N2C(=O)CCCC2=O)C3=O)nn1. The number of aromatic nitrogens is 3. The zero-order valence-electron chi connectivity index (χ0n) is 16.8. The van der Waals surface area contributed by atoms with Gasteiger partial charge in [-0.2, -0.15) is 10.0 Å². The molecule has 1 aromatic heterocycles. The lowest BCUT2D eigenvalue weighted by atomic mass is 10.1. The first-order valence-corrected chi connectivity index (χ1v) is 10.1. The number of carbonyl (C=O) groups is 4. The van der Waals surface area contributed by atoms with Crippen LogP contribution in [0.5, 0.6) is 5.75 Å². The second-order valence-corrected chi connectivity index (χ2v) is 7.31. The lowest BCUT2D eigenvalue weighted by Gasteiger charge is -2.30. The summed E-state index contributed by atoms with van der Waals surface area (Å²) in [4.78, 5) is 50.3. The predicted molar refractivity (Wildman–Crippen MR) is 105 cm³/mol. The number of nitrogens with two attached hydrogens (primary N) is 1. The van der Waals surface area contributed by atoms with Crippen LogP contribution in [0.4, 0.5) is 0 Å². The molecule has 0 bridgehead atoms. The Morgan fingerprint density at radius 1 is 1.00 bits per heavy atom. The quantitative estimate of drug-likeness (QED) is 0.479. The van der Waals surface area contributed by atoms with Crippen molar-refractivity contribution >= 4 is 23.6 Å². The molecule has 3 heterocycles. The fourth-order valence-electron chi connectivity index (χ4n) is 3.59. The maximum absolute atomic E-state index is 13.0. The number of piperidine rings is 1. The van der Waals surface area contributed by atoms with E-state index >= 15 is 0 Å². The largest absolute Gasteiger partial charge is 0.486 e. The van der Waals surface area contributed by atoms with Crippen molar-refractivity contribution in [3.8, 4) is 5.75 Å². The second kappa shape index (κ2) is 8.64. The van der Waals surface area contributed by atoms with E-state index in [1.54, 1.807) is 23.0 Å². The summed E-state index contributed by atoms with van der Waals surface area (Å²) in [5.41, 5.74) is 6.15. The van der Waals surface area contributed by atoms with Gasteiger partial charge in [-0.25, -0.2) is 0 Å². The third kappa shape index (κ3) is 3.91. The highest BCUT2D eigenvalue weighted by Crippen LogP contribution is 2.33. The average Bonchev–Trinajstić information content (AvgIpc) is 3.31. The molecule has 2 aliphatic rings. The minimum atomic E-state index is -0.760. The number of imide groups is 2. The van der Waals surface area contributed by atoms with Crippen molar-refractivity contribution in [2.75, 3.05) is 6.54 Å². The van der Waals surface area contributed by atoms with Crippen LogP contribution in [0.3, 0.4) is 0 Å². The molecule has 31 heavy (non-hydrogen) atoms. The Bertz CT molecular complexity index is 1030. The van der Waals surface area contributed by atoms with E-state index in [0.29, 0.717) is 35.2 Å². The van der Waals surface area contributed by atoms with E-state index in [1.807, 2.05) is 0 Å². The summed E-state index contributed by atoms with van der Waals surface area (Å²) in [5.74, 6) is -2.45. The number of hydrazine groups is 1. The second-order valence-electron chi connectivity index (χ2n) is 7.31. The Balaban J connectivity index is 1.51. The van der Waals surface area contributed by atoms with Crippen molar-refractivity contribution in [1.29, 1.82) is 0 Å². The van der Waals surface area contributed by atoms with E-state index in [4.69, 9.17) is 10.5 Å². The van der Waals surface area contributed by atoms with E-state index in [-0.39, 0.29) is 36.3 Å². The van der Waals surface area contributed by atoms with E-state index in [0.717, 1.165) is 12.8 Å². The van der Waals surface area contributed by atoms with E-state index in [1.165, 1.54) is 6.07 Å². The third-order valence-corrected chi connectivity index (χ3v) is 5.11. The number of aryl methyl sites for hydroxylation is 1. The summed E-state index contributed by atoms with van der Waals surface area (Å²) in [7, 11) is 0. The highest BCUT2D eigenvalue weighted by Gasteiger charge is 2.46. The zero-order valence-corrected chi connectivity index (χ0v) is 16.8. The molecule has 2 N–H and O–H groups in total. The molecule has 4 amide bonds. The van der Waals surface area contributed by atoms with Crippen LogP contribution < -0.4 is 10.5 Å². The minimum Gasteiger partial charge on any atom is -0.486 e. The summed E-state index contributed by atoms with van der Waals surface area (Å²) in [6, 6.07) is 4.60. The number of ether oxygens (including phenoxy) is 1. The highest BCUT2D eigenvalue weighted by atomic mass is 16.5. The minimum absolute atomic E-state index is 0.0222. The van der Waals surface area contributed by atoms with Crippen LogP contribution in [0, 0.1) is 0 Å². The van der Waals surface area contributed by atoms with E-state index in [9.17, 15) is 19.2 Å². The van der Waals surface area contributed by atoms with Crippen molar-refractivity contribution in [1.82, 2.24) is 25.0 Å². The molecule has 1 aromatic carbocycles. The first kappa shape index (κ1) is 20.7. The first-order valence-electron chi connectivity index (χ1n) is 10.1. The lowest BCUT2D eigenvalue weighted by Crippen LogP contribution is -2.54. The van der Waals surface area contributed by atoms with Crippen LogP contribution in [0.1, 0.15) is 58.5 Å². The topological polar surface area (TPSA) is 141 Å². The summed E-state index contributed by atoms with van der Waals surface area (Å²) in [5, 5.41) is 9.34. The van der Waals surface area contributed by atoms with Crippen LogP contribution >= 0.6 is 0 Å². The third-order valence-electron chi connectivity index (χ3n) is 5.11. The van der Waals surface area contributed by atoms with Crippen molar-refractivity contribution in [3.05, 3.63) is 41.2 Å². The van der Waals surface area contributed by atoms with Gasteiger partial charge in [0.1, 0.15) is 18.1 Å². The van der Waals surface area contributed by atoms with Gasteiger partial charge < -0.3 is 10.5 Å². The molecule has 1 saturated heterocycles. The van der Waals surface area contributed by atoms with Gasteiger partial charge in [-0.15, -0.1) is 5.10 Å². The Morgan fingerprint density at radius 3 is 2.52 bits per heavy atom. The van der Waals surface area contributed by atoms with Crippen LogP contribution in [-0.4, -0.2) is 55.2 Å². The number of carbonyl (C=O) groups excluding carboxylic acids is 4. The fourth-order valence-corrected chi connectivity index (χ4v) is 3.59. The molecule has 0 atom stereocenters. The summed E-state index contributed by atoms with van der Waals surface area (Å²) in [6.07, 6.45) is 4.11. The Hall–Kier alpha value is -3.60. The zero-order chi connectivity index (χ0) is 22.0. The molecule has 0 spiro atoms. The molecule has 4 rings (SSSR count). The summed E-state index contributed by atoms with van der Waals surface area (Å²) in [6.45, 7) is 1.34. The number of amides is 4. The maximum atomic E-state index is 13.0. The van der Waals surface area contributed by atoms with Gasteiger partial charge in [-0.1, -0.05) is 11.3 Å². The monoisotopic (exact) mass is 426 g/mol. The van der Waals surface area contributed by atoms with Gasteiger partial charge >= 0.3 is 0 Å². The average molecular weight is 426 g/mol. The van der Waals surface area contributed by atoms with Crippen LogP contribution in [0.25, 0.3) is 0 Å². The molecule has 1 fully saturated rings. The van der Waals surface area contributed by atoms with Crippen molar-refractivity contribution in [2.45, 2.75) is 45.3 Å². The summed E-state index contributed by atoms with van der Waals surface area (Å²) >= 11 is 0. The van der Waals surface area contributed by atoms with E-state index < -0.39 is 23.6 Å². The van der Waals surface area contributed by atoms with E-state index in [2.05, 4.69) is 10.3 Å². The number of nitrogens with zero attached hydrogens (tertiary/aromatic N) is 5. The first-order chi connectivity index (χ1) is 15.0. The van der Waals surface area contributed by atoms with Crippen LogP contribution in [0.2, 0.25) is 0 Å². The van der Waals surface area contributed by atoms with Gasteiger partial charge in [-0.3, -0.25) is 23.9 Å². The van der Waals surface area contributed by atoms with Crippen molar-refractivity contribution in [3.63, 3.8) is 0 Å². The van der Waals surface area contributed by atoms with Crippen LogP contribution in [-0.2, 0) is 22.7 Å². The molecular formula is C20H22N6O5. The van der Waals surface area contributed by atoms with Crippen LogP contribution in [0.15, 0.2) is 24.4 Å². The molecule has 0 unspecified atom stereocenters. The molecule has 0 aliphatic carbocycles. The molecule has 0 saturated carbocycles. The van der Waals surface area contributed by atoms with Gasteiger partial charge in [0.05, 0.1) is 17.3 Å². The molecule has 162 valence electrons. The Kier molecular flexibility index (Phi) is 5.76. The smallest absolute Gasteiger partial charge is 0.284 e. The Labute approximate surface area is 177 Å². The maximum Gasteiger partial charge on any atom is 0.284 e. The Morgan fingerprint density at radius 2 is 1.77 bits per heavy atom. The van der Waals surface area contributed by atoms with Gasteiger partial charge in [0.15, 0.2) is 0 Å². The van der Waals surface area contributed by atoms with Crippen molar-refractivity contribution < 1.29 is 23.9 Å². The van der Waals surface area contributed by atoms with Gasteiger partial charge in [0, 0.05) is 19.4 Å². The molecule has 2 aromatic rings. The standard InChI is InChI=1S/C20H22N6O5/c21-9-1-2-10-24-11-13(22-23-24)12-31-15-6-3-5-14-18(15)20(30)26(19(14)29)25-16(27)7-4-8-17(25)28/h3,5-6,11H,1-2,4,7-10,12,21H2. The predicted octanol–water partition coefficient (Wildman–Crippen LogP) is 0.646. The van der Waals surface area contributed by atoms with Gasteiger partial charge in [0.2, 0.25) is 11.8 Å². The summed E-state index contributed by atoms with van der Waals surface area (Å²) < 4.78 is 7.45. The number of benzene rings is 1. The molecular weight excluding hydrogens is 404 g/mol.